The van der Waals surface area contributed by atoms with Gasteiger partial charge in [0.2, 0.25) is 10.0 Å². The summed E-state index contributed by atoms with van der Waals surface area (Å²) in [6.45, 7) is 1.67. The Hall–Kier alpha value is -2.23. The molecule has 0 saturated carbocycles. The predicted octanol–water partition coefficient (Wildman–Crippen LogP) is -0.308. The van der Waals surface area contributed by atoms with Gasteiger partial charge in [0.05, 0.1) is 4.90 Å². The highest BCUT2D eigenvalue weighted by Gasteiger charge is 2.13. The number of sulfonamides is 1. The number of aliphatic carboxylic acids is 2. The van der Waals surface area contributed by atoms with Crippen LogP contribution in [-0.4, -0.2) is 37.1 Å². The Balaban J connectivity index is 0.000000261. The zero-order chi connectivity index (χ0) is 16.8. The normalized spacial score (nSPS) is 13.9. The molecule has 2 rings (SSSR count). The third-order valence-corrected chi connectivity index (χ3v) is 3.67. The number of primary sulfonamides is 1. The summed E-state index contributed by atoms with van der Waals surface area (Å²) in [5.74, 6) is -2.51. The smallest absolute Gasteiger partial charge is 0.328 e. The quantitative estimate of drug-likeness (QED) is 0.556. The van der Waals surface area contributed by atoms with Crippen LogP contribution in [0.4, 0.5) is 0 Å². The third-order valence-electron chi connectivity index (χ3n) is 2.76. The molecular weight excluding hydrogens is 312 g/mol. The number of carboxylic acids is 2. The summed E-state index contributed by atoms with van der Waals surface area (Å²) < 4.78 is 22.2. The topological polar surface area (TPSA) is 147 Å². The van der Waals surface area contributed by atoms with Gasteiger partial charge >= 0.3 is 11.9 Å². The lowest BCUT2D eigenvalue weighted by Crippen LogP contribution is -2.24. The number of hydrogen-bond acceptors (Lipinski definition) is 5. The van der Waals surface area contributed by atoms with Gasteiger partial charge < -0.3 is 15.5 Å². The molecular formula is C13H16N2O6S. The average molecular weight is 328 g/mol. The molecule has 0 bridgehead atoms. The van der Waals surface area contributed by atoms with Crippen molar-refractivity contribution in [1.29, 1.82) is 0 Å². The first-order valence-electron chi connectivity index (χ1n) is 6.19. The fourth-order valence-corrected chi connectivity index (χ4v) is 2.34. The maximum Gasteiger partial charge on any atom is 0.328 e. The van der Waals surface area contributed by atoms with Crippen molar-refractivity contribution in [3.63, 3.8) is 0 Å². The van der Waals surface area contributed by atoms with E-state index in [0.29, 0.717) is 12.2 Å². The molecule has 9 heteroatoms. The molecule has 1 aromatic rings. The molecule has 0 aromatic heterocycles. The Morgan fingerprint density at radius 2 is 1.73 bits per heavy atom. The Labute approximate surface area is 127 Å². The number of nitrogens with one attached hydrogen (secondary N) is 1. The van der Waals surface area contributed by atoms with Gasteiger partial charge in [-0.05, 0) is 36.2 Å². The van der Waals surface area contributed by atoms with Gasteiger partial charge in [0.1, 0.15) is 0 Å². The maximum atomic E-state index is 11.1. The van der Waals surface area contributed by atoms with Gasteiger partial charge in [0.25, 0.3) is 0 Å². The molecule has 0 unspecified atom stereocenters. The van der Waals surface area contributed by atoms with Crippen LogP contribution in [0.2, 0.25) is 0 Å². The summed E-state index contributed by atoms with van der Waals surface area (Å²) in [7, 11) is -3.56. The van der Waals surface area contributed by atoms with Crippen LogP contribution < -0.4 is 10.5 Å². The minimum Gasteiger partial charge on any atom is -0.478 e. The molecule has 0 aliphatic carbocycles. The van der Waals surface area contributed by atoms with E-state index in [9.17, 15) is 18.0 Å². The lowest BCUT2D eigenvalue weighted by molar-refractivity contribution is -0.134. The van der Waals surface area contributed by atoms with E-state index >= 15 is 0 Å². The molecule has 0 radical (unpaired) electrons. The Kier molecular flexibility index (Phi) is 6.23. The largest absolute Gasteiger partial charge is 0.478 e. The van der Waals surface area contributed by atoms with Crippen molar-refractivity contribution in [2.24, 2.45) is 5.14 Å². The monoisotopic (exact) mass is 328 g/mol. The number of carboxylic acid groups (broad SMARTS) is 2. The SMILES string of the molecule is NS(=O)(=O)c1ccc2c(c1)CNCC2.O=C(O)/C=C/C(=O)O. The zero-order valence-electron chi connectivity index (χ0n) is 11.5. The van der Waals surface area contributed by atoms with Crippen LogP contribution in [0.25, 0.3) is 0 Å². The highest BCUT2D eigenvalue weighted by molar-refractivity contribution is 7.89. The number of fused-ring (bicyclic) bond motifs is 1. The van der Waals surface area contributed by atoms with Crippen LogP contribution in [0.15, 0.2) is 35.2 Å². The lowest BCUT2D eigenvalue weighted by atomic mass is 10.0. The second-order valence-electron chi connectivity index (χ2n) is 4.41. The second-order valence-corrected chi connectivity index (χ2v) is 5.97. The summed E-state index contributed by atoms with van der Waals surface area (Å²) in [5, 5.41) is 23.9. The number of hydrogen-bond donors (Lipinski definition) is 4. The van der Waals surface area contributed by atoms with Crippen LogP contribution in [0.5, 0.6) is 0 Å². The van der Waals surface area contributed by atoms with E-state index in [1.165, 1.54) is 5.56 Å². The van der Waals surface area contributed by atoms with E-state index in [1.807, 2.05) is 6.07 Å². The molecule has 0 atom stereocenters. The first-order valence-corrected chi connectivity index (χ1v) is 7.74. The van der Waals surface area contributed by atoms with Crippen molar-refractivity contribution >= 4 is 22.0 Å². The third kappa shape index (κ3) is 6.04. The lowest BCUT2D eigenvalue weighted by Gasteiger charge is -2.17. The second kappa shape index (κ2) is 7.69. The molecule has 22 heavy (non-hydrogen) atoms. The minimum atomic E-state index is -3.56. The van der Waals surface area contributed by atoms with E-state index in [0.717, 1.165) is 25.1 Å². The van der Waals surface area contributed by atoms with Gasteiger partial charge in [-0.3, -0.25) is 0 Å². The minimum absolute atomic E-state index is 0.194. The van der Waals surface area contributed by atoms with Crippen molar-refractivity contribution in [2.45, 2.75) is 17.9 Å². The van der Waals surface area contributed by atoms with Gasteiger partial charge in [-0.2, -0.15) is 0 Å². The fraction of sp³-hybridized carbons (Fsp3) is 0.231. The summed E-state index contributed by atoms with van der Waals surface area (Å²) in [6, 6.07) is 5.06. The Morgan fingerprint density at radius 3 is 2.23 bits per heavy atom. The maximum absolute atomic E-state index is 11.1. The molecule has 0 amide bonds. The van der Waals surface area contributed by atoms with Gasteiger partial charge in [-0.1, -0.05) is 6.07 Å². The summed E-state index contributed by atoms with van der Waals surface area (Å²) in [6.07, 6.45) is 2.06. The molecule has 120 valence electrons. The summed E-state index contributed by atoms with van der Waals surface area (Å²) in [4.78, 5) is 19.3. The van der Waals surface area contributed by atoms with E-state index in [1.54, 1.807) is 12.1 Å². The van der Waals surface area contributed by atoms with Gasteiger partial charge in [0.15, 0.2) is 0 Å². The summed E-state index contributed by atoms with van der Waals surface area (Å²) >= 11 is 0. The number of benzene rings is 1. The molecule has 1 aliphatic rings. The van der Waals surface area contributed by atoms with Crippen LogP contribution in [0.3, 0.4) is 0 Å². The molecule has 1 aromatic carbocycles. The molecule has 1 heterocycles. The van der Waals surface area contributed by atoms with Crippen LogP contribution in [-0.2, 0) is 32.6 Å². The standard InChI is InChI=1S/C9H12N2O2S.C4H4O4/c10-14(12,13)9-2-1-7-3-4-11-6-8(7)5-9;5-3(6)1-2-4(7)8/h1-2,5,11H,3-4,6H2,(H2,10,12,13);1-2H,(H,5,6)(H,7,8)/b;2-1+. The predicted molar refractivity (Wildman–Crippen MR) is 77.6 cm³/mol. The van der Waals surface area contributed by atoms with Crippen molar-refractivity contribution in [1.82, 2.24) is 5.32 Å². The van der Waals surface area contributed by atoms with Crippen LogP contribution >= 0.6 is 0 Å². The zero-order valence-corrected chi connectivity index (χ0v) is 12.3. The number of carbonyl (C=O) groups is 2. The van der Waals surface area contributed by atoms with Crippen LogP contribution in [0, 0.1) is 0 Å². The first kappa shape index (κ1) is 17.8. The number of rotatable bonds is 3. The van der Waals surface area contributed by atoms with Crippen molar-refractivity contribution in [2.75, 3.05) is 6.54 Å². The summed E-state index contributed by atoms with van der Waals surface area (Å²) in [5.41, 5.74) is 2.24. The molecule has 5 N–H and O–H groups in total. The van der Waals surface area contributed by atoms with Gasteiger partial charge in [-0.15, -0.1) is 0 Å². The van der Waals surface area contributed by atoms with E-state index in [2.05, 4.69) is 5.32 Å². The van der Waals surface area contributed by atoms with Gasteiger partial charge in [-0.25, -0.2) is 23.1 Å². The molecule has 0 saturated heterocycles. The van der Waals surface area contributed by atoms with Gasteiger partial charge in [0, 0.05) is 18.7 Å². The highest BCUT2D eigenvalue weighted by Crippen LogP contribution is 2.17. The highest BCUT2D eigenvalue weighted by atomic mass is 32.2. The van der Waals surface area contributed by atoms with Crippen LogP contribution in [0.1, 0.15) is 11.1 Å². The van der Waals surface area contributed by atoms with Crippen molar-refractivity contribution < 1.29 is 28.2 Å². The molecule has 8 nitrogen and oxygen atoms in total. The molecule has 0 fully saturated rings. The fourth-order valence-electron chi connectivity index (χ4n) is 1.78. The van der Waals surface area contributed by atoms with E-state index < -0.39 is 22.0 Å². The molecule has 0 spiro atoms. The van der Waals surface area contributed by atoms with E-state index in [4.69, 9.17) is 15.4 Å². The number of nitrogens with two attached hydrogens (primary N) is 1. The van der Waals surface area contributed by atoms with Crippen molar-refractivity contribution in [3.05, 3.63) is 41.5 Å². The molecule has 1 aliphatic heterocycles. The van der Waals surface area contributed by atoms with Crippen molar-refractivity contribution in [3.8, 4) is 0 Å². The first-order chi connectivity index (χ1) is 10.2. The van der Waals surface area contributed by atoms with E-state index in [-0.39, 0.29) is 4.90 Å². The average Bonchev–Trinajstić information content (AvgIpc) is 2.44. The Bertz CT molecular complexity index is 680. The Morgan fingerprint density at radius 1 is 1.14 bits per heavy atom.